The average Bonchev–Trinajstić information content (AvgIpc) is 2.65. The molecule has 0 aromatic heterocycles. The van der Waals surface area contributed by atoms with Crippen molar-refractivity contribution in [2.24, 2.45) is 0 Å². The lowest BCUT2D eigenvalue weighted by atomic mass is 9.99. The average molecular weight is 316 g/mol. The van der Waals surface area contributed by atoms with E-state index in [1.54, 1.807) is 0 Å². The molecule has 1 rings (SSSR count). The summed E-state index contributed by atoms with van der Waals surface area (Å²) in [5.41, 5.74) is 0. The van der Waals surface area contributed by atoms with Crippen molar-refractivity contribution in [3.63, 3.8) is 0 Å². The number of epoxide rings is 1. The Balaban J connectivity index is 3.28. The number of rotatable bonds is 3. The van der Waals surface area contributed by atoms with E-state index in [2.05, 4.69) is 4.74 Å². The van der Waals surface area contributed by atoms with Crippen LogP contribution >= 0.6 is 0 Å². The fourth-order valence-electron chi connectivity index (χ4n) is 0.975. The molecule has 0 aromatic rings. The van der Waals surface area contributed by atoms with Crippen molar-refractivity contribution in [2.45, 2.75) is 35.9 Å². The van der Waals surface area contributed by atoms with Crippen LogP contribution in [0.3, 0.4) is 0 Å². The van der Waals surface area contributed by atoms with Gasteiger partial charge in [-0.25, -0.2) is 0 Å². The Morgan fingerprint density at radius 1 is 0.632 bits per heavy atom. The van der Waals surface area contributed by atoms with Crippen molar-refractivity contribution < 1.29 is 57.4 Å². The van der Waals surface area contributed by atoms with E-state index in [9.17, 15) is 52.7 Å². The van der Waals surface area contributed by atoms with Crippen LogP contribution < -0.4 is 0 Å². The van der Waals surface area contributed by atoms with Gasteiger partial charge in [-0.05, 0) is 0 Å². The molecule has 1 fully saturated rings. The summed E-state index contributed by atoms with van der Waals surface area (Å²) in [6, 6.07) is 0. The summed E-state index contributed by atoms with van der Waals surface area (Å²) >= 11 is 0. The van der Waals surface area contributed by atoms with Gasteiger partial charge in [-0.1, -0.05) is 0 Å². The van der Waals surface area contributed by atoms with Crippen molar-refractivity contribution in [3.8, 4) is 0 Å². The van der Waals surface area contributed by atoms with Gasteiger partial charge in [0.05, 0.1) is 0 Å². The first-order chi connectivity index (χ1) is 7.96. The van der Waals surface area contributed by atoms with Crippen molar-refractivity contribution in [3.05, 3.63) is 0 Å². The molecule has 1 heterocycles. The molecule has 1 nitrogen and oxygen atoms in total. The van der Waals surface area contributed by atoms with Gasteiger partial charge in [0.2, 0.25) is 0 Å². The summed E-state index contributed by atoms with van der Waals surface area (Å²) in [6.45, 7) is 0. The summed E-state index contributed by atoms with van der Waals surface area (Å²) in [4.78, 5) is 0. The highest BCUT2D eigenvalue weighted by Gasteiger charge is 2.98. The van der Waals surface area contributed by atoms with Crippen molar-refractivity contribution in [2.75, 3.05) is 0 Å². The Bertz CT molecular complexity index is 382. The topological polar surface area (TPSA) is 12.5 Å². The number of ether oxygens (including phenoxy) is 1. The molecule has 1 saturated heterocycles. The predicted molar refractivity (Wildman–Crippen MR) is 30.8 cm³/mol. The largest absolute Gasteiger partial charge is 0.460 e. The lowest BCUT2D eigenvalue weighted by Crippen LogP contribution is -2.65. The molecular weight excluding hydrogens is 316 g/mol. The van der Waals surface area contributed by atoms with Crippen LogP contribution in [0.2, 0.25) is 0 Å². The third-order valence-electron chi connectivity index (χ3n) is 2.15. The standard InChI is InChI=1S/C6F12O/c7-1(8,3(11,12)5(14,15)16)2(9,10)4(13)6(17,18)19-4. The molecule has 0 radical (unpaired) electrons. The van der Waals surface area contributed by atoms with Crippen LogP contribution in [0.5, 0.6) is 0 Å². The van der Waals surface area contributed by atoms with Gasteiger partial charge >= 0.3 is 35.9 Å². The van der Waals surface area contributed by atoms with Crippen LogP contribution in [-0.2, 0) is 4.74 Å². The van der Waals surface area contributed by atoms with E-state index in [4.69, 9.17) is 0 Å². The first-order valence-corrected chi connectivity index (χ1v) is 3.93. The zero-order valence-electron chi connectivity index (χ0n) is 7.94. The second kappa shape index (κ2) is 3.41. The number of hydrogen-bond donors (Lipinski definition) is 0. The highest BCUT2D eigenvalue weighted by atomic mass is 19.4. The van der Waals surface area contributed by atoms with E-state index in [0.29, 0.717) is 0 Å². The first kappa shape index (κ1) is 16.2. The van der Waals surface area contributed by atoms with E-state index in [0.717, 1.165) is 0 Å². The van der Waals surface area contributed by atoms with Crippen LogP contribution in [0, 0.1) is 0 Å². The first-order valence-electron chi connectivity index (χ1n) is 3.93. The fourth-order valence-corrected chi connectivity index (χ4v) is 0.975. The lowest BCUT2D eigenvalue weighted by molar-refractivity contribution is -0.411. The molecule has 0 saturated carbocycles. The molecule has 0 aliphatic carbocycles. The Kier molecular flexibility index (Phi) is 2.90. The highest BCUT2D eigenvalue weighted by Crippen LogP contribution is 2.67. The van der Waals surface area contributed by atoms with E-state index in [1.165, 1.54) is 0 Å². The molecular formula is C6F12O. The van der Waals surface area contributed by atoms with Gasteiger partial charge in [0.25, 0.3) is 0 Å². The van der Waals surface area contributed by atoms with E-state index in [-0.39, 0.29) is 0 Å². The minimum Gasteiger partial charge on any atom is -0.265 e. The monoisotopic (exact) mass is 316 g/mol. The fraction of sp³-hybridized carbons (Fsp3) is 1.00. The second-order valence-corrected chi connectivity index (χ2v) is 3.44. The smallest absolute Gasteiger partial charge is 0.265 e. The van der Waals surface area contributed by atoms with E-state index < -0.39 is 35.9 Å². The SMILES string of the molecule is FC(F)(F)C(F)(F)C(F)(F)C(F)(F)C1(F)OC1(F)F. The molecule has 0 bridgehead atoms. The van der Waals surface area contributed by atoms with Crippen molar-refractivity contribution >= 4 is 0 Å². The highest BCUT2D eigenvalue weighted by molar-refractivity contribution is 5.14. The van der Waals surface area contributed by atoms with Crippen molar-refractivity contribution in [1.82, 2.24) is 0 Å². The Hall–Kier alpha value is -0.880. The number of alkyl halides is 12. The zero-order chi connectivity index (χ0) is 15.7. The molecule has 1 aliphatic heterocycles. The zero-order valence-corrected chi connectivity index (χ0v) is 7.94. The minimum atomic E-state index is -7.49. The predicted octanol–water partition coefficient (Wildman–Crippen LogP) is 3.74. The molecule has 0 N–H and O–H groups in total. The second-order valence-electron chi connectivity index (χ2n) is 3.44. The molecule has 1 atom stereocenters. The van der Waals surface area contributed by atoms with Crippen LogP contribution in [0.4, 0.5) is 52.7 Å². The van der Waals surface area contributed by atoms with Crippen molar-refractivity contribution in [1.29, 1.82) is 0 Å². The van der Waals surface area contributed by atoms with Gasteiger partial charge in [-0.3, -0.25) is 4.74 Å². The van der Waals surface area contributed by atoms with Crippen LogP contribution in [0.25, 0.3) is 0 Å². The molecule has 0 amide bonds. The van der Waals surface area contributed by atoms with E-state index in [1.807, 2.05) is 0 Å². The van der Waals surface area contributed by atoms with Gasteiger partial charge in [0.1, 0.15) is 0 Å². The van der Waals surface area contributed by atoms with Gasteiger partial charge in [-0.2, -0.15) is 52.7 Å². The van der Waals surface area contributed by atoms with Crippen LogP contribution in [-0.4, -0.2) is 35.9 Å². The Morgan fingerprint density at radius 3 is 1.16 bits per heavy atom. The maximum Gasteiger partial charge on any atom is 0.460 e. The maximum atomic E-state index is 12.6. The summed E-state index contributed by atoms with van der Waals surface area (Å²) in [5.74, 6) is -28.0. The Morgan fingerprint density at radius 2 is 0.947 bits per heavy atom. The minimum absolute atomic E-state index is 2.22. The summed E-state index contributed by atoms with van der Waals surface area (Å²) in [5, 5.41) is 0. The third-order valence-corrected chi connectivity index (χ3v) is 2.15. The summed E-state index contributed by atoms with van der Waals surface area (Å²) in [6.07, 6.45) is -12.8. The van der Waals surface area contributed by atoms with Gasteiger partial charge < -0.3 is 0 Å². The Labute approximate surface area is 94.7 Å². The summed E-state index contributed by atoms with van der Waals surface area (Å²) < 4.78 is 148. The maximum absolute atomic E-state index is 12.6. The van der Waals surface area contributed by atoms with Crippen LogP contribution in [0.15, 0.2) is 0 Å². The van der Waals surface area contributed by atoms with Crippen LogP contribution in [0.1, 0.15) is 0 Å². The van der Waals surface area contributed by atoms with Gasteiger partial charge in [0.15, 0.2) is 0 Å². The molecule has 1 unspecified atom stereocenters. The normalized spacial score (nSPS) is 28.4. The molecule has 0 aromatic carbocycles. The molecule has 1 aliphatic rings. The van der Waals surface area contributed by atoms with E-state index >= 15 is 0 Å². The van der Waals surface area contributed by atoms with Gasteiger partial charge in [-0.15, -0.1) is 0 Å². The lowest BCUT2D eigenvalue weighted by Gasteiger charge is -2.33. The van der Waals surface area contributed by atoms with Gasteiger partial charge in [0, 0.05) is 0 Å². The summed E-state index contributed by atoms with van der Waals surface area (Å²) in [7, 11) is 0. The number of halogens is 12. The molecule has 19 heavy (non-hydrogen) atoms. The molecule has 0 spiro atoms. The number of hydrogen-bond acceptors (Lipinski definition) is 1. The third kappa shape index (κ3) is 1.69. The molecule has 13 heteroatoms. The molecule has 114 valence electrons. The quantitative estimate of drug-likeness (QED) is 0.571.